The maximum atomic E-state index is 13.7. The van der Waals surface area contributed by atoms with Crippen molar-refractivity contribution in [3.63, 3.8) is 0 Å². The number of carbonyl (C=O) groups excluding carboxylic acids is 1. The van der Waals surface area contributed by atoms with Crippen molar-refractivity contribution in [2.45, 2.75) is 38.1 Å². The van der Waals surface area contributed by atoms with E-state index in [2.05, 4.69) is 9.80 Å². The molecule has 0 N–H and O–H groups in total. The summed E-state index contributed by atoms with van der Waals surface area (Å²) in [5.41, 5.74) is 1.70. The van der Waals surface area contributed by atoms with Crippen LogP contribution in [0.5, 0.6) is 0 Å². The summed E-state index contributed by atoms with van der Waals surface area (Å²) in [6.45, 7) is 2.67. The number of piperazine rings is 1. The molecule has 3 fully saturated rings. The lowest BCUT2D eigenvalue weighted by Gasteiger charge is -2.37. The standard InChI is InChI=1S/C28H28FN5O2S2/c29-19-9-11-20(12-10-19)31-14-16-32(17-15-31)25-22(26(35)33-13-5-4-8-24(33)30-25)18-23-27(36)34(28(37)38-23)21-6-2-1-3-7-21/h4-5,8-13,18,21H,1-3,6-7,14-17H2/b23-18+. The predicted molar refractivity (Wildman–Crippen MR) is 154 cm³/mol. The molecular weight excluding hydrogens is 521 g/mol. The average Bonchev–Trinajstić information content (AvgIpc) is 3.23. The molecule has 10 heteroatoms. The molecule has 2 aliphatic heterocycles. The number of anilines is 2. The Morgan fingerprint density at radius 3 is 2.39 bits per heavy atom. The fraction of sp³-hybridized carbons (Fsp3) is 0.357. The van der Waals surface area contributed by atoms with Crippen LogP contribution in [0.15, 0.2) is 58.4 Å². The van der Waals surface area contributed by atoms with Gasteiger partial charge in [0.2, 0.25) is 0 Å². The molecule has 0 bridgehead atoms. The van der Waals surface area contributed by atoms with E-state index in [0.29, 0.717) is 52.4 Å². The molecule has 3 aliphatic rings. The average molecular weight is 550 g/mol. The fourth-order valence-electron chi connectivity index (χ4n) is 5.55. The van der Waals surface area contributed by atoms with E-state index in [4.69, 9.17) is 17.2 Å². The molecule has 4 heterocycles. The first-order chi connectivity index (χ1) is 18.5. The Hall–Kier alpha value is -3.24. The fourth-order valence-corrected chi connectivity index (χ4v) is 6.93. The van der Waals surface area contributed by atoms with Gasteiger partial charge in [-0.1, -0.05) is 49.3 Å². The normalized spacial score (nSPS) is 20.2. The lowest BCUT2D eigenvalue weighted by Crippen LogP contribution is -2.47. The number of carbonyl (C=O) groups is 1. The highest BCUT2D eigenvalue weighted by Crippen LogP contribution is 2.38. The molecule has 0 radical (unpaired) electrons. The third kappa shape index (κ3) is 4.71. The summed E-state index contributed by atoms with van der Waals surface area (Å²) in [6, 6.07) is 12.1. The molecule has 2 saturated heterocycles. The molecule has 196 valence electrons. The number of pyridine rings is 1. The van der Waals surface area contributed by atoms with Gasteiger partial charge in [0.25, 0.3) is 11.5 Å². The zero-order valence-electron chi connectivity index (χ0n) is 20.9. The highest BCUT2D eigenvalue weighted by Gasteiger charge is 2.38. The highest BCUT2D eigenvalue weighted by molar-refractivity contribution is 8.26. The van der Waals surface area contributed by atoms with E-state index < -0.39 is 0 Å². The van der Waals surface area contributed by atoms with E-state index in [1.807, 2.05) is 12.1 Å². The topological polar surface area (TPSA) is 61.2 Å². The van der Waals surface area contributed by atoms with E-state index >= 15 is 0 Å². The summed E-state index contributed by atoms with van der Waals surface area (Å²) in [4.78, 5) is 38.6. The largest absolute Gasteiger partial charge is 0.368 e. The number of thioether (sulfide) groups is 1. The zero-order chi connectivity index (χ0) is 26.2. The van der Waals surface area contributed by atoms with Gasteiger partial charge >= 0.3 is 0 Å². The van der Waals surface area contributed by atoms with Crippen LogP contribution in [0.3, 0.4) is 0 Å². The molecule has 7 nitrogen and oxygen atoms in total. The summed E-state index contributed by atoms with van der Waals surface area (Å²) in [7, 11) is 0. The molecule has 1 saturated carbocycles. The van der Waals surface area contributed by atoms with Gasteiger partial charge in [0.1, 0.15) is 21.6 Å². The number of aromatic nitrogens is 2. The summed E-state index contributed by atoms with van der Waals surface area (Å²) in [6.07, 6.45) is 8.71. The minimum absolute atomic E-state index is 0.114. The minimum atomic E-state index is -0.258. The number of amides is 1. The quantitative estimate of drug-likeness (QED) is 0.346. The van der Waals surface area contributed by atoms with E-state index in [0.717, 1.165) is 31.4 Å². The van der Waals surface area contributed by atoms with Gasteiger partial charge in [-0.2, -0.15) is 0 Å². The summed E-state index contributed by atoms with van der Waals surface area (Å²) in [5.74, 6) is 0.200. The molecule has 6 rings (SSSR count). The van der Waals surface area contributed by atoms with Crippen LogP contribution in [-0.2, 0) is 4.79 Å². The molecule has 1 amide bonds. The Morgan fingerprint density at radius 2 is 1.66 bits per heavy atom. The number of hydrogen-bond acceptors (Lipinski definition) is 7. The van der Waals surface area contributed by atoms with E-state index in [1.54, 1.807) is 35.4 Å². The first-order valence-electron chi connectivity index (χ1n) is 13.0. The van der Waals surface area contributed by atoms with Gasteiger partial charge < -0.3 is 9.80 Å². The predicted octanol–water partition coefficient (Wildman–Crippen LogP) is 4.69. The minimum Gasteiger partial charge on any atom is -0.368 e. The van der Waals surface area contributed by atoms with Gasteiger partial charge in [-0.3, -0.25) is 18.9 Å². The second kappa shape index (κ2) is 10.5. The van der Waals surface area contributed by atoms with Crippen molar-refractivity contribution in [2.24, 2.45) is 0 Å². The molecule has 1 aromatic carbocycles. The Bertz CT molecular complexity index is 1470. The molecule has 1 aliphatic carbocycles. The monoisotopic (exact) mass is 549 g/mol. The van der Waals surface area contributed by atoms with Crippen LogP contribution < -0.4 is 15.4 Å². The molecule has 2 aromatic heterocycles. The Kier molecular flexibility index (Phi) is 6.92. The number of fused-ring (bicyclic) bond motifs is 1. The molecule has 3 aromatic rings. The number of halogens is 1. The second-order valence-electron chi connectivity index (χ2n) is 9.88. The lowest BCUT2D eigenvalue weighted by atomic mass is 9.94. The van der Waals surface area contributed by atoms with Crippen LogP contribution in [0.2, 0.25) is 0 Å². The summed E-state index contributed by atoms with van der Waals surface area (Å²) < 4.78 is 15.5. The van der Waals surface area contributed by atoms with Crippen molar-refractivity contribution < 1.29 is 9.18 Å². The molecular formula is C28H28FN5O2S2. The lowest BCUT2D eigenvalue weighted by molar-refractivity contribution is -0.124. The van der Waals surface area contributed by atoms with Gasteiger partial charge in [-0.25, -0.2) is 9.37 Å². The van der Waals surface area contributed by atoms with Gasteiger partial charge in [0.15, 0.2) is 0 Å². The maximum absolute atomic E-state index is 13.7. The first-order valence-corrected chi connectivity index (χ1v) is 14.3. The van der Waals surface area contributed by atoms with Crippen molar-refractivity contribution >= 4 is 57.4 Å². The van der Waals surface area contributed by atoms with Gasteiger partial charge in [-0.15, -0.1) is 0 Å². The van der Waals surface area contributed by atoms with Crippen molar-refractivity contribution in [1.82, 2.24) is 14.3 Å². The van der Waals surface area contributed by atoms with Crippen molar-refractivity contribution in [2.75, 3.05) is 36.0 Å². The Morgan fingerprint density at radius 1 is 0.947 bits per heavy atom. The van der Waals surface area contributed by atoms with Crippen LogP contribution in [0.25, 0.3) is 11.7 Å². The number of rotatable bonds is 4. The van der Waals surface area contributed by atoms with Gasteiger partial charge in [0, 0.05) is 44.1 Å². The van der Waals surface area contributed by atoms with Gasteiger partial charge in [0.05, 0.1) is 10.5 Å². The van der Waals surface area contributed by atoms with E-state index in [9.17, 15) is 14.0 Å². The van der Waals surface area contributed by atoms with Crippen molar-refractivity contribution in [1.29, 1.82) is 0 Å². The summed E-state index contributed by atoms with van der Waals surface area (Å²) in [5, 5.41) is 0. The molecule has 38 heavy (non-hydrogen) atoms. The molecule has 0 unspecified atom stereocenters. The molecule has 0 spiro atoms. The van der Waals surface area contributed by atoms with Crippen LogP contribution >= 0.6 is 24.0 Å². The second-order valence-corrected chi connectivity index (χ2v) is 11.6. The van der Waals surface area contributed by atoms with Crippen LogP contribution in [0.4, 0.5) is 15.9 Å². The summed E-state index contributed by atoms with van der Waals surface area (Å²) >= 11 is 6.89. The van der Waals surface area contributed by atoms with E-state index in [-0.39, 0.29) is 23.3 Å². The van der Waals surface area contributed by atoms with Crippen molar-refractivity contribution in [3.8, 4) is 0 Å². The number of benzene rings is 1. The highest BCUT2D eigenvalue weighted by atomic mass is 32.2. The Balaban J connectivity index is 1.33. The number of nitrogens with zero attached hydrogens (tertiary/aromatic N) is 5. The van der Waals surface area contributed by atoms with Crippen LogP contribution in [-0.4, -0.2) is 56.7 Å². The Labute approximate surface area is 229 Å². The third-order valence-electron chi connectivity index (χ3n) is 7.56. The zero-order valence-corrected chi connectivity index (χ0v) is 22.5. The third-order valence-corrected chi connectivity index (χ3v) is 8.89. The van der Waals surface area contributed by atoms with E-state index in [1.165, 1.54) is 34.7 Å². The maximum Gasteiger partial charge on any atom is 0.267 e. The first kappa shape index (κ1) is 25.1. The smallest absolute Gasteiger partial charge is 0.267 e. The van der Waals surface area contributed by atoms with Crippen LogP contribution in [0, 0.1) is 5.82 Å². The van der Waals surface area contributed by atoms with Gasteiger partial charge in [-0.05, 0) is 55.3 Å². The van der Waals surface area contributed by atoms with Crippen molar-refractivity contribution in [3.05, 3.63) is 75.3 Å². The SMILES string of the molecule is O=C1/C(=C\c2c(N3CCN(c4ccc(F)cc4)CC3)nc3ccccn3c2=O)SC(=S)N1C1CCCCC1. The number of thiocarbonyl (C=S) groups is 1. The number of hydrogen-bond donors (Lipinski definition) is 0. The molecule has 0 atom stereocenters. The van der Waals surface area contributed by atoms with Crippen LogP contribution in [0.1, 0.15) is 37.7 Å².